The summed E-state index contributed by atoms with van der Waals surface area (Å²) in [6, 6.07) is 14.3. The van der Waals surface area contributed by atoms with Crippen molar-refractivity contribution >= 4 is 16.7 Å². The van der Waals surface area contributed by atoms with Crippen molar-refractivity contribution in [2.24, 2.45) is 7.05 Å². The minimum Gasteiger partial charge on any atom is -0.435 e. The number of nitrogens with one attached hydrogen (secondary N) is 1. The van der Waals surface area contributed by atoms with Crippen LogP contribution in [0.25, 0.3) is 27.7 Å². The quantitative estimate of drug-likeness (QED) is 0.476. The Morgan fingerprint density at radius 1 is 1.12 bits per heavy atom. The monoisotopic (exact) mass is 463 g/mol. The maximum atomic E-state index is 13.9. The number of alkyl halides is 2. The van der Waals surface area contributed by atoms with E-state index >= 15 is 0 Å². The molecule has 0 amide bonds. The van der Waals surface area contributed by atoms with Crippen LogP contribution < -0.4 is 20.7 Å². The molecule has 1 aliphatic carbocycles. The number of ether oxygens (including phenoxy) is 1. The van der Waals surface area contributed by atoms with Crippen LogP contribution in [0.15, 0.2) is 59.5 Å². The number of benzene rings is 2. The second-order valence-electron chi connectivity index (χ2n) is 8.79. The fraction of sp³-hybridized carbons (Fsp3) is 0.280. The highest BCUT2D eigenvalue weighted by Gasteiger charge is 2.34. The first-order valence-electron chi connectivity index (χ1n) is 11.3. The Kier molecular flexibility index (Phi) is 4.88. The molecular weight excluding hydrogens is 440 g/mol. The number of pyridine rings is 1. The van der Waals surface area contributed by atoms with Gasteiger partial charge in [-0.15, -0.1) is 0 Å². The summed E-state index contributed by atoms with van der Waals surface area (Å²) in [6.07, 6.45) is 5.19. The lowest BCUT2D eigenvalue weighted by atomic mass is 9.92. The molecule has 4 aromatic rings. The molecule has 0 spiro atoms. The summed E-state index contributed by atoms with van der Waals surface area (Å²) in [5.41, 5.74) is 7.14. The van der Waals surface area contributed by atoms with Crippen molar-refractivity contribution in [2.45, 2.75) is 38.5 Å². The van der Waals surface area contributed by atoms with Gasteiger partial charge in [-0.1, -0.05) is 6.07 Å². The van der Waals surface area contributed by atoms with Crippen molar-refractivity contribution in [1.82, 2.24) is 19.8 Å². The van der Waals surface area contributed by atoms with Gasteiger partial charge in [0.25, 0.3) is 5.56 Å². The molecule has 6 rings (SSSR count). The highest BCUT2D eigenvalue weighted by molar-refractivity contribution is 5.84. The number of hydrogen-bond acceptors (Lipinski definition) is 5. The summed E-state index contributed by atoms with van der Waals surface area (Å²) in [6.45, 7) is -2.29. The topological polar surface area (TPSA) is 64.3 Å². The van der Waals surface area contributed by atoms with Crippen molar-refractivity contribution in [2.75, 3.05) is 5.01 Å². The van der Waals surface area contributed by atoms with E-state index in [1.165, 1.54) is 12.1 Å². The zero-order valence-electron chi connectivity index (χ0n) is 18.5. The first-order chi connectivity index (χ1) is 16.5. The van der Waals surface area contributed by atoms with Gasteiger partial charge in [-0.25, -0.2) is 5.43 Å². The van der Waals surface area contributed by atoms with Crippen molar-refractivity contribution in [3.63, 3.8) is 0 Å². The molecule has 2 aromatic heterocycles. The summed E-state index contributed by atoms with van der Waals surface area (Å²) in [4.78, 5) is 13.9. The number of halogens is 2. The Hall–Kier alpha value is -3.72. The van der Waals surface area contributed by atoms with E-state index in [1.807, 2.05) is 37.5 Å². The van der Waals surface area contributed by atoms with Crippen molar-refractivity contribution in [3.05, 3.63) is 70.6 Å². The third-order valence-corrected chi connectivity index (χ3v) is 6.61. The normalized spacial score (nSPS) is 15.7. The molecule has 1 N–H and O–H groups in total. The molecule has 3 heterocycles. The number of aryl methyl sites for hydroxylation is 1. The molecule has 0 atom stereocenters. The Bertz CT molecular complexity index is 1440. The predicted molar refractivity (Wildman–Crippen MR) is 125 cm³/mol. The smallest absolute Gasteiger partial charge is 0.387 e. The Labute approximate surface area is 194 Å². The van der Waals surface area contributed by atoms with E-state index < -0.39 is 6.61 Å². The Balaban J connectivity index is 1.53. The van der Waals surface area contributed by atoms with Crippen molar-refractivity contribution in [3.8, 4) is 22.6 Å². The minimum atomic E-state index is -2.90. The number of rotatable bonds is 5. The van der Waals surface area contributed by atoms with Gasteiger partial charge in [-0.3, -0.25) is 19.1 Å². The molecule has 0 unspecified atom stereocenters. The molecule has 1 aliphatic heterocycles. The standard InChI is InChI=1S/C25H23F2N5O2/c1-30-14-17-11-15(5-10-22(17)29-30)21-12-16-13-28-32(19-3-2-4-19)23(16)31(24(21)33)18-6-8-20(9-7-18)34-25(26)27/h5-12,14,19,25,28H,2-4,13H2,1H3. The van der Waals surface area contributed by atoms with E-state index in [-0.39, 0.29) is 11.3 Å². The van der Waals surface area contributed by atoms with Crippen molar-refractivity contribution < 1.29 is 13.5 Å². The highest BCUT2D eigenvalue weighted by atomic mass is 19.3. The molecule has 9 heteroatoms. The zero-order chi connectivity index (χ0) is 23.4. The van der Waals surface area contributed by atoms with Crippen LogP contribution in [0, 0.1) is 0 Å². The SMILES string of the molecule is Cn1cc2cc(-c3cc4c(n(-c5ccc(OC(F)F)cc5)c3=O)N(C3CCC3)NC4)ccc2n1. The Morgan fingerprint density at radius 3 is 2.62 bits per heavy atom. The van der Waals surface area contributed by atoms with Crippen LogP contribution in [-0.4, -0.2) is 27.0 Å². The van der Waals surface area contributed by atoms with Crippen LogP contribution in [0.2, 0.25) is 0 Å². The molecule has 7 nitrogen and oxygen atoms in total. The molecule has 0 bridgehead atoms. The number of anilines is 1. The molecule has 174 valence electrons. The molecule has 0 saturated heterocycles. The molecular formula is C25H23F2N5O2. The lowest BCUT2D eigenvalue weighted by molar-refractivity contribution is -0.0498. The lowest BCUT2D eigenvalue weighted by Crippen LogP contribution is -2.47. The zero-order valence-corrected chi connectivity index (χ0v) is 18.5. The second-order valence-corrected chi connectivity index (χ2v) is 8.79. The van der Waals surface area contributed by atoms with Crippen LogP contribution in [0.3, 0.4) is 0 Å². The van der Waals surface area contributed by atoms with Crippen LogP contribution in [0.5, 0.6) is 5.75 Å². The van der Waals surface area contributed by atoms with E-state index in [9.17, 15) is 13.6 Å². The van der Waals surface area contributed by atoms with E-state index in [2.05, 4.69) is 20.3 Å². The fourth-order valence-electron chi connectivity index (χ4n) is 4.79. The average Bonchev–Trinajstić information content (AvgIpc) is 3.34. The number of nitrogens with zero attached hydrogens (tertiary/aromatic N) is 4. The van der Waals surface area contributed by atoms with Gasteiger partial charge in [0.15, 0.2) is 0 Å². The van der Waals surface area contributed by atoms with E-state index in [4.69, 9.17) is 0 Å². The molecule has 2 aliphatic rings. The average molecular weight is 463 g/mol. The number of hydrogen-bond donors (Lipinski definition) is 1. The predicted octanol–water partition coefficient (Wildman–Crippen LogP) is 4.37. The largest absolute Gasteiger partial charge is 0.435 e. The summed E-state index contributed by atoms with van der Waals surface area (Å²) < 4.78 is 33.2. The van der Waals surface area contributed by atoms with Gasteiger partial charge >= 0.3 is 6.61 Å². The summed E-state index contributed by atoms with van der Waals surface area (Å²) in [5.74, 6) is 0.860. The third kappa shape index (κ3) is 3.43. The molecule has 34 heavy (non-hydrogen) atoms. The van der Waals surface area contributed by atoms with Crippen LogP contribution in [-0.2, 0) is 13.6 Å². The Morgan fingerprint density at radius 2 is 1.91 bits per heavy atom. The third-order valence-electron chi connectivity index (χ3n) is 6.61. The van der Waals surface area contributed by atoms with Crippen molar-refractivity contribution in [1.29, 1.82) is 0 Å². The molecule has 0 radical (unpaired) electrons. The number of hydrazine groups is 1. The van der Waals surface area contributed by atoms with Gasteiger partial charge in [-0.05, 0) is 67.3 Å². The minimum absolute atomic E-state index is 0.0515. The highest BCUT2D eigenvalue weighted by Crippen LogP contribution is 2.36. The lowest BCUT2D eigenvalue weighted by Gasteiger charge is -2.37. The van der Waals surface area contributed by atoms with Gasteiger partial charge in [0.05, 0.1) is 11.2 Å². The number of fused-ring (bicyclic) bond motifs is 2. The van der Waals surface area contributed by atoms with E-state index in [0.717, 1.165) is 47.1 Å². The van der Waals surface area contributed by atoms with Gasteiger partial charge in [0.1, 0.15) is 11.6 Å². The van der Waals surface area contributed by atoms with Crippen LogP contribution >= 0.6 is 0 Å². The van der Waals surface area contributed by atoms with Gasteiger partial charge in [0.2, 0.25) is 0 Å². The van der Waals surface area contributed by atoms with Gasteiger partial charge in [-0.2, -0.15) is 13.9 Å². The van der Waals surface area contributed by atoms with E-state index in [1.54, 1.807) is 21.4 Å². The molecule has 2 aromatic carbocycles. The first kappa shape index (κ1) is 20.9. The van der Waals surface area contributed by atoms with Gasteiger partial charge in [0, 0.05) is 42.3 Å². The fourth-order valence-corrected chi connectivity index (χ4v) is 4.79. The summed E-state index contributed by atoms with van der Waals surface area (Å²) in [5, 5.41) is 7.47. The maximum Gasteiger partial charge on any atom is 0.387 e. The molecule has 1 saturated carbocycles. The number of aromatic nitrogens is 3. The van der Waals surface area contributed by atoms with Crippen LogP contribution in [0.1, 0.15) is 24.8 Å². The summed E-state index contributed by atoms with van der Waals surface area (Å²) in [7, 11) is 1.87. The van der Waals surface area contributed by atoms with E-state index in [0.29, 0.717) is 23.8 Å². The molecule has 1 fully saturated rings. The summed E-state index contributed by atoms with van der Waals surface area (Å²) >= 11 is 0. The van der Waals surface area contributed by atoms with Gasteiger partial charge < -0.3 is 4.74 Å². The maximum absolute atomic E-state index is 13.9. The van der Waals surface area contributed by atoms with Crippen LogP contribution in [0.4, 0.5) is 14.6 Å². The second kappa shape index (κ2) is 7.95. The first-order valence-corrected chi connectivity index (χ1v) is 11.3.